The Kier molecular flexibility index (Phi) is 3.13. The van der Waals surface area contributed by atoms with Crippen LogP contribution in [0.15, 0.2) is 30.9 Å². The van der Waals surface area contributed by atoms with E-state index in [0.717, 1.165) is 29.4 Å². The van der Waals surface area contributed by atoms with Crippen LogP contribution < -0.4 is 5.73 Å². The van der Waals surface area contributed by atoms with Crippen LogP contribution in [0.25, 0.3) is 11.3 Å². The SMILES string of the molecule is C=CCn1c(C2CC2)nc(-c2ccc(C)cc2C)c1N. The van der Waals surface area contributed by atoms with Crippen LogP contribution in [0.3, 0.4) is 0 Å². The minimum Gasteiger partial charge on any atom is -0.383 e. The van der Waals surface area contributed by atoms with E-state index in [0.29, 0.717) is 5.92 Å². The molecule has 20 heavy (non-hydrogen) atoms. The van der Waals surface area contributed by atoms with Gasteiger partial charge in [0.05, 0.1) is 0 Å². The third-order valence-corrected chi connectivity index (χ3v) is 3.93. The van der Waals surface area contributed by atoms with Gasteiger partial charge < -0.3 is 10.3 Å². The maximum Gasteiger partial charge on any atom is 0.132 e. The Morgan fingerprint density at radius 3 is 2.75 bits per heavy atom. The number of aromatic nitrogens is 2. The van der Waals surface area contributed by atoms with Crippen LogP contribution >= 0.6 is 0 Å². The van der Waals surface area contributed by atoms with Gasteiger partial charge in [-0.05, 0) is 32.3 Å². The van der Waals surface area contributed by atoms with Crippen LogP contribution in [0.1, 0.15) is 35.7 Å². The summed E-state index contributed by atoms with van der Waals surface area (Å²) in [5.74, 6) is 2.47. The van der Waals surface area contributed by atoms with Crippen molar-refractivity contribution in [1.29, 1.82) is 0 Å². The van der Waals surface area contributed by atoms with Crippen LogP contribution in [0, 0.1) is 13.8 Å². The molecule has 1 saturated carbocycles. The zero-order chi connectivity index (χ0) is 14.3. The quantitative estimate of drug-likeness (QED) is 0.856. The van der Waals surface area contributed by atoms with Crippen molar-refractivity contribution in [3.63, 3.8) is 0 Å². The molecule has 0 bridgehead atoms. The summed E-state index contributed by atoms with van der Waals surface area (Å²) in [6.07, 6.45) is 4.33. The Labute approximate surface area is 120 Å². The lowest BCUT2D eigenvalue weighted by molar-refractivity contribution is 0.750. The molecule has 0 spiro atoms. The molecule has 0 atom stereocenters. The van der Waals surface area contributed by atoms with E-state index in [1.807, 2.05) is 6.08 Å². The van der Waals surface area contributed by atoms with Crippen molar-refractivity contribution in [3.8, 4) is 11.3 Å². The number of aryl methyl sites for hydroxylation is 2. The smallest absolute Gasteiger partial charge is 0.132 e. The number of nitrogens with two attached hydrogens (primary N) is 1. The van der Waals surface area contributed by atoms with Gasteiger partial charge in [-0.1, -0.05) is 29.8 Å². The van der Waals surface area contributed by atoms with Crippen molar-refractivity contribution in [2.45, 2.75) is 39.2 Å². The molecule has 1 aliphatic carbocycles. The molecule has 1 aromatic carbocycles. The lowest BCUT2D eigenvalue weighted by Gasteiger charge is -2.07. The van der Waals surface area contributed by atoms with Gasteiger partial charge in [-0.2, -0.15) is 0 Å². The number of nitrogens with zero attached hydrogens (tertiary/aromatic N) is 2. The van der Waals surface area contributed by atoms with E-state index in [-0.39, 0.29) is 0 Å². The average Bonchev–Trinajstić information content (AvgIpc) is 3.19. The van der Waals surface area contributed by atoms with Gasteiger partial charge >= 0.3 is 0 Å². The van der Waals surface area contributed by atoms with E-state index in [1.165, 1.54) is 24.0 Å². The zero-order valence-corrected chi connectivity index (χ0v) is 12.2. The second-order valence-corrected chi connectivity index (χ2v) is 5.70. The molecule has 1 fully saturated rings. The van der Waals surface area contributed by atoms with Gasteiger partial charge in [-0.15, -0.1) is 6.58 Å². The molecule has 0 unspecified atom stereocenters. The molecular weight excluding hydrogens is 246 g/mol. The Hall–Kier alpha value is -2.03. The van der Waals surface area contributed by atoms with Crippen LogP contribution in [-0.2, 0) is 6.54 Å². The first-order valence-electron chi connectivity index (χ1n) is 7.16. The maximum absolute atomic E-state index is 6.35. The van der Waals surface area contributed by atoms with Gasteiger partial charge in [-0.25, -0.2) is 4.98 Å². The molecule has 3 rings (SSSR count). The summed E-state index contributed by atoms with van der Waals surface area (Å²) in [6.45, 7) is 8.78. The first kappa shape index (κ1) is 13.0. The molecule has 104 valence electrons. The fourth-order valence-electron chi connectivity index (χ4n) is 2.74. The fraction of sp³-hybridized carbons (Fsp3) is 0.353. The number of benzene rings is 1. The summed E-state index contributed by atoms with van der Waals surface area (Å²) in [7, 11) is 0. The van der Waals surface area contributed by atoms with Crippen molar-refractivity contribution in [2.24, 2.45) is 0 Å². The predicted molar refractivity (Wildman–Crippen MR) is 83.7 cm³/mol. The Bertz CT molecular complexity index is 663. The predicted octanol–water partition coefficient (Wildman–Crippen LogP) is 3.81. The van der Waals surface area contributed by atoms with Crippen LogP contribution in [0.2, 0.25) is 0 Å². The Morgan fingerprint density at radius 2 is 2.15 bits per heavy atom. The van der Waals surface area contributed by atoms with Crippen molar-refractivity contribution < 1.29 is 0 Å². The fourth-order valence-corrected chi connectivity index (χ4v) is 2.74. The molecule has 0 saturated heterocycles. The van der Waals surface area contributed by atoms with Crippen molar-refractivity contribution in [1.82, 2.24) is 9.55 Å². The lowest BCUT2D eigenvalue weighted by Crippen LogP contribution is -2.05. The first-order chi connectivity index (χ1) is 9.61. The summed E-state index contributed by atoms with van der Waals surface area (Å²) in [5.41, 5.74) is 10.9. The topological polar surface area (TPSA) is 43.8 Å². The van der Waals surface area contributed by atoms with Crippen molar-refractivity contribution in [2.75, 3.05) is 5.73 Å². The van der Waals surface area contributed by atoms with Crippen molar-refractivity contribution in [3.05, 3.63) is 47.8 Å². The normalized spacial score (nSPS) is 14.5. The minimum atomic E-state index is 0.580. The largest absolute Gasteiger partial charge is 0.383 e. The Balaban J connectivity index is 2.13. The molecule has 1 aromatic heterocycles. The molecule has 3 heteroatoms. The minimum absolute atomic E-state index is 0.580. The second kappa shape index (κ2) is 4.82. The van der Waals surface area contributed by atoms with Gasteiger partial charge in [0.2, 0.25) is 0 Å². The van der Waals surface area contributed by atoms with E-state index in [9.17, 15) is 0 Å². The highest BCUT2D eigenvalue weighted by Crippen LogP contribution is 2.42. The average molecular weight is 267 g/mol. The number of hydrogen-bond donors (Lipinski definition) is 1. The van der Waals surface area contributed by atoms with Crippen LogP contribution in [0.5, 0.6) is 0 Å². The molecule has 0 aliphatic heterocycles. The monoisotopic (exact) mass is 267 g/mol. The third-order valence-electron chi connectivity index (χ3n) is 3.93. The van der Waals surface area contributed by atoms with Gasteiger partial charge in [0.25, 0.3) is 0 Å². The number of anilines is 1. The summed E-state index contributed by atoms with van der Waals surface area (Å²) in [5, 5.41) is 0. The molecular formula is C17H21N3. The molecule has 1 aliphatic rings. The van der Waals surface area contributed by atoms with Crippen molar-refractivity contribution >= 4 is 5.82 Å². The van der Waals surface area contributed by atoms with Gasteiger partial charge in [0.1, 0.15) is 17.3 Å². The highest BCUT2D eigenvalue weighted by molar-refractivity contribution is 5.74. The molecule has 0 radical (unpaired) electrons. The summed E-state index contributed by atoms with van der Waals surface area (Å²) in [6, 6.07) is 6.42. The first-order valence-corrected chi connectivity index (χ1v) is 7.16. The maximum atomic E-state index is 6.35. The highest BCUT2D eigenvalue weighted by atomic mass is 15.1. The zero-order valence-electron chi connectivity index (χ0n) is 12.2. The summed E-state index contributed by atoms with van der Waals surface area (Å²) in [4.78, 5) is 4.84. The van der Waals surface area contributed by atoms with E-state index in [1.54, 1.807) is 0 Å². The number of allylic oxidation sites excluding steroid dienone is 1. The van der Waals surface area contributed by atoms with Gasteiger partial charge in [-0.3, -0.25) is 0 Å². The Morgan fingerprint density at radius 1 is 1.40 bits per heavy atom. The highest BCUT2D eigenvalue weighted by Gasteiger charge is 2.30. The van der Waals surface area contributed by atoms with E-state index in [4.69, 9.17) is 10.7 Å². The molecule has 0 amide bonds. The number of rotatable bonds is 4. The third kappa shape index (κ3) is 2.13. The van der Waals surface area contributed by atoms with E-state index < -0.39 is 0 Å². The standard InChI is InChI=1S/C17H21N3/c1-4-9-20-16(18)15(19-17(20)13-6-7-13)14-8-5-11(2)10-12(14)3/h4-5,8,10,13H,1,6-7,9,18H2,2-3H3. The summed E-state index contributed by atoms with van der Waals surface area (Å²) < 4.78 is 2.11. The molecule has 3 nitrogen and oxygen atoms in total. The van der Waals surface area contributed by atoms with Crippen LogP contribution in [0.4, 0.5) is 5.82 Å². The second-order valence-electron chi connectivity index (χ2n) is 5.70. The number of nitrogen functional groups attached to an aromatic ring is 1. The number of imidazole rings is 1. The molecule has 2 aromatic rings. The lowest BCUT2D eigenvalue weighted by atomic mass is 10.0. The van der Waals surface area contributed by atoms with Crippen LogP contribution in [-0.4, -0.2) is 9.55 Å². The van der Waals surface area contributed by atoms with Gasteiger partial charge in [0, 0.05) is 18.0 Å². The molecule has 2 N–H and O–H groups in total. The van der Waals surface area contributed by atoms with Gasteiger partial charge in [0.15, 0.2) is 0 Å². The molecule has 1 heterocycles. The van der Waals surface area contributed by atoms with E-state index in [2.05, 4.69) is 43.2 Å². The number of hydrogen-bond acceptors (Lipinski definition) is 2. The summed E-state index contributed by atoms with van der Waals surface area (Å²) >= 11 is 0. The van der Waals surface area contributed by atoms with E-state index >= 15 is 0 Å².